The van der Waals surface area contributed by atoms with Crippen molar-refractivity contribution in [1.82, 2.24) is 9.55 Å². The van der Waals surface area contributed by atoms with Crippen LogP contribution in [-0.4, -0.2) is 15.1 Å². The summed E-state index contributed by atoms with van der Waals surface area (Å²) in [5.41, 5.74) is 0.131. The van der Waals surface area contributed by atoms with Crippen LogP contribution in [0.2, 0.25) is 0 Å². The Kier molecular flexibility index (Phi) is 4.31. The molecule has 1 N–H and O–H groups in total. The highest BCUT2D eigenvalue weighted by Gasteiger charge is 2.22. The first-order valence-corrected chi connectivity index (χ1v) is 7.43. The highest BCUT2D eigenvalue weighted by molar-refractivity contribution is 5.30. The molecule has 1 heterocycles. The molecule has 102 valence electrons. The lowest BCUT2D eigenvalue weighted by molar-refractivity contribution is 0.353. The third kappa shape index (κ3) is 3.27. The van der Waals surface area contributed by atoms with E-state index in [1.54, 1.807) is 0 Å². The highest BCUT2D eigenvalue weighted by atomic mass is 15.2. The van der Waals surface area contributed by atoms with Crippen molar-refractivity contribution in [3.8, 4) is 0 Å². The van der Waals surface area contributed by atoms with Gasteiger partial charge in [-0.2, -0.15) is 0 Å². The van der Waals surface area contributed by atoms with Gasteiger partial charge >= 0.3 is 0 Å². The second-order valence-corrected chi connectivity index (χ2v) is 6.21. The van der Waals surface area contributed by atoms with Gasteiger partial charge in [-0.25, -0.2) is 4.98 Å². The van der Waals surface area contributed by atoms with Gasteiger partial charge in [0.15, 0.2) is 0 Å². The summed E-state index contributed by atoms with van der Waals surface area (Å²) in [4.78, 5) is 4.51. The summed E-state index contributed by atoms with van der Waals surface area (Å²) < 4.78 is 2.36. The summed E-state index contributed by atoms with van der Waals surface area (Å²) in [7, 11) is 0. The number of aromatic nitrogens is 2. The molecule has 0 atom stereocenters. The van der Waals surface area contributed by atoms with E-state index in [9.17, 15) is 0 Å². The molecule has 0 bridgehead atoms. The zero-order valence-corrected chi connectivity index (χ0v) is 12.1. The first-order chi connectivity index (χ1) is 8.62. The summed E-state index contributed by atoms with van der Waals surface area (Å²) in [5.74, 6) is 1.06. The Morgan fingerprint density at radius 1 is 1.33 bits per heavy atom. The molecule has 1 aliphatic carbocycles. The number of anilines is 1. The molecule has 3 nitrogen and oxygen atoms in total. The van der Waals surface area contributed by atoms with E-state index in [2.05, 4.69) is 41.8 Å². The van der Waals surface area contributed by atoms with E-state index in [1.807, 2.05) is 6.20 Å². The number of imidazole rings is 1. The molecular weight excluding hydrogens is 222 g/mol. The van der Waals surface area contributed by atoms with E-state index in [0.29, 0.717) is 6.04 Å². The van der Waals surface area contributed by atoms with E-state index in [0.717, 1.165) is 5.95 Å². The molecule has 0 spiro atoms. The Bertz CT molecular complexity index is 362. The minimum absolute atomic E-state index is 0.131. The molecule has 1 aromatic rings. The monoisotopic (exact) mass is 249 g/mol. The van der Waals surface area contributed by atoms with Gasteiger partial charge in [0.1, 0.15) is 0 Å². The standard InChI is InChI=1S/C15H27N3/c1-4-10-15(2,3)17-14-16-11-12-18(14)13-8-6-5-7-9-13/h11-13H,4-10H2,1-3H3,(H,16,17). The minimum Gasteiger partial charge on any atom is -0.351 e. The van der Waals surface area contributed by atoms with Crippen molar-refractivity contribution in [3.05, 3.63) is 12.4 Å². The van der Waals surface area contributed by atoms with Gasteiger partial charge in [-0.15, -0.1) is 0 Å². The van der Waals surface area contributed by atoms with Crippen molar-refractivity contribution in [2.24, 2.45) is 0 Å². The minimum atomic E-state index is 0.131. The molecule has 0 amide bonds. The molecule has 1 saturated carbocycles. The number of hydrogen-bond donors (Lipinski definition) is 1. The molecule has 1 fully saturated rings. The van der Waals surface area contributed by atoms with Crippen molar-refractivity contribution in [2.75, 3.05) is 5.32 Å². The van der Waals surface area contributed by atoms with Crippen LogP contribution in [0.25, 0.3) is 0 Å². The first kappa shape index (κ1) is 13.4. The summed E-state index contributed by atoms with van der Waals surface area (Å²) in [6.45, 7) is 6.75. The highest BCUT2D eigenvalue weighted by Crippen LogP contribution is 2.31. The summed E-state index contributed by atoms with van der Waals surface area (Å²) in [6, 6.07) is 0.654. The van der Waals surface area contributed by atoms with Gasteiger partial charge in [0.25, 0.3) is 0 Å². The van der Waals surface area contributed by atoms with Gasteiger partial charge < -0.3 is 9.88 Å². The second kappa shape index (κ2) is 5.77. The van der Waals surface area contributed by atoms with Crippen LogP contribution in [0.15, 0.2) is 12.4 Å². The second-order valence-electron chi connectivity index (χ2n) is 6.21. The van der Waals surface area contributed by atoms with Crippen LogP contribution in [0.3, 0.4) is 0 Å². The van der Waals surface area contributed by atoms with Gasteiger partial charge in [0.05, 0.1) is 0 Å². The average Bonchev–Trinajstić information content (AvgIpc) is 2.77. The Balaban J connectivity index is 2.07. The number of rotatable bonds is 5. The normalized spacial score (nSPS) is 17.9. The summed E-state index contributed by atoms with van der Waals surface area (Å²) >= 11 is 0. The van der Waals surface area contributed by atoms with Gasteiger partial charge in [-0.3, -0.25) is 0 Å². The van der Waals surface area contributed by atoms with Crippen molar-refractivity contribution >= 4 is 5.95 Å². The molecule has 18 heavy (non-hydrogen) atoms. The first-order valence-electron chi connectivity index (χ1n) is 7.43. The van der Waals surface area contributed by atoms with Gasteiger partial charge in [-0.1, -0.05) is 32.6 Å². The predicted octanol–water partition coefficient (Wildman–Crippen LogP) is 4.38. The molecule has 1 aliphatic rings. The maximum Gasteiger partial charge on any atom is 0.203 e. The SMILES string of the molecule is CCCC(C)(C)Nc1nccn1C1CCCCC1. The van der Waals surface area contributed by atoms with Crippen LogP contribution >= 0.6 is 0 Å². The van der Waals surface area contributed by atoms with Crippen LogP contribution in [0, 0.1) is 0 Å². The fourth-order valence-corrected chi connectivity index (χ4v) is 3.05. The molecule has 0 unspecified atom stereocenters. The Morgan fingerprint density at radius 3 is 2.72 bits per heavy atom. The largest absolute Gasteiger partial charge is 0.351 e. The molecule has 0 saturated heterocycles. The lowest BCUT2D eigenvalue weighted by atomic mass is 9.95. The lowest BCUT2D eigenvalue weighted by Crippen LogP contribution is -2.32. The maximum atomic E-state index is 4.51. The topological polar surface area (TPSA) is 29.9 Å². The van der Waals surface area contributed by atoms with Gasteiger partial charge in [0.2, 0.25) is 5.95 Å². The Morgan fingerprint density at radius 2 is 2.06 bits per heavy atom. The third-order valence-electron chi connectivity index (χ3n) is 3.96. The van der Waals surface area contributed by atoms with Crippen LogP contribution in [0.5, 0.6) is 0 Å². The zero-order chi connectivity index (χ0) is 13.0. The third-order valence-corrected chi connectivity index (χ3v) is 3.96. The molecule has 1 aromatic heterocycles. The fourth-order valence-electron chi connectivity index (χ4n) is 3.05. The number of nitrogens with one attached hydrogen (secondary N) is 1. The smallest absolute Gasteiger partial charge is 0.203 e. The van der Waals surface area contributed by atoms with Crippen LogP contribution < -0.4 is 5.32 Å². The van der Waals surface area contributed by atoms with Crippen molar-refractivity contribution in [3.63, 3.8) is 0 Å². The maximum absolute atomic E-state index is 4.51. The van der Waals surface area contributed by atoms with Crippen molar-refractivity contribution in [2.45, 2.75) is 77.3 Å². The number of nitrogens with zero attached hydrogens (tertiary/aromatic N) is 2. The predicted molar refractivity (Wildman–Crippen MR) is 77.0 cm³/mol. The van der Waals surface area contributed by atoms with E-state index in [4.69, 9.17) is 0 Å². The zero-order valence-electron chi connectivity index (χ0n) is 12.1. The van der Waals surface area contributed by atoms with Crippen LogP contribution in [-0.2, 0) is 0 Å². The van der Waals surface area contributed by atoms with Crippen LogP contribution in [0.4, 0.5) is 5.95 Å². The molecule has 0 aromatic carbocycles. The number of hydrogen-bond acceptors (Lipinski definition) is 2. The van der Waals surface area contributed by atoms with E-state index in [1.165, 1.54) is 44.9 Å². The van der Waals surface area contributed by atoms with Crippen molar-refractivity contribution < 1.29 is 0 Å². The molecule has 2 rings (SSSR count). The van der Waals surface area contributed by atoms with Gasteiger partial charge in [-0.05, 0) is 33.1 Å². The Hall–Kier alpha value is -0.990. The quantitative estimate of drug-likeness (QED) is 0.839. The average molecular weight is 249 g/mol. The van der Waals surface area contributed by atoms with E-state index in [-0.39, 0.29) is 5.54 Å². The van der Waals surface area contributed by atoms with E-state index < -0.39 is 0 Å². The lowest BCUT2D eigenvalue weighted by Gasteiger charge is -2.30. The Labute approximate surface area is 111 Å². The van der Waals surface area contributed by atoms with Crippen molar-refractivity contribution in [1.29, 1.82) is 0 Å². The molecular formula is C15H27N3. The molecule has 3 heteroatoms. The fraction of sp³-hybridized carbons (Fsp3) is 0.800. The van der Waals surface area contributed by atoms with E-state index >= 15 is 0 Å². The summed E-state index contributed by atoms with van der Waals surface area (Å²) in [5, 5.41) is 3.62. The molecule has 0 aliphatic heterocycles. The summed E-state index contributed by atoms with van der Waals surface area (Å²) in [6.07, 6.45) is 13.2. The molecule has 0 radical (unpaired) electrons. The van der Waals surface area contributed by atoms with Gasteiger partial charge in [0, 0.05) is 24.0 Å². The van der Waals surface area contributed by atoms with Crippen LogP contribution in [0.1, 0.15) is 71.8 Å².